The minimum absolute atomic E-state index is 1.08. The third-order valence-corrected chi connectivity index (χ3v) is 1.21. The van der Waals surface area contributed by atoms with Gasteiger partial charge in [0.2, 0.25) is 0 Å². The highest BCUT2D eigenvalue weighted by Gasteiger charge is 1.83. The van der Waals surface area contributed by atoms with Crippen LogP contribution in [-0.2, 0) is 0 Å². The monoisotopic (exact) mass is 127 g/mol. The summed E-state index contributed by atoms with van der Waals surface area (Å²) in [5.41, 5.74) is 1.08. The highest BCUT2D eigenvalue weighted by atomic mass is 14.9. The molecular formula is C8H17N. The van der Waals surface area contributed by atoms with Gasteiger partial charge in [-0.3, -0.25) is 0 Å². The average Bonchev–Trinajstić information content (AvgIpc) is 1.80. The van der Waals surface area contributed by atoms with E-state index in [1.165, 1.54) is 19.3 Å². The zero-order valence-electron chi connectivity index (χ0n) is 6.54. The van der Waals surface area contributed by atoms with E-state index in [2.05, 4.69) is 18.8 Å². The molecule has 1 N–H and O–H groups in total. The number of unbranched alkanes of at least 4 members (excludes halogenated alkanes) is 2. The summed E-state index contributed by atoms with van der Waals surface area (Å²) >= 11 is 0. The first-order chi connectivity index (χ1) is 4.27. The van der Waals surface area contributed by atoms with Crippen molar-refractivity contribution in [3.63, 3.8) is 0 Å². The number of nitrogens with one attached hydrogen (secondary N) is 1. The van der Waals surface area contributed by atoms with Crippen molar-refractivity contribution < 1.29 is 0 Å². The summed E-state index contributed by atoms with van der Waals surface area (Å²) in [5.74, 6) is 0. The van der Waals surface area contributed by atoms with Gasteiger partial charge in [-0.2, -0.15) is 0 Å². The Morgan fingerprint density at radius 2 is 2.11 bits per heavy atom. The summed E-state index contributed by atoms with van der Waals surface area (Å²) in [6, 6.07) is 0. The molecule has 0 spiro atoms. The van der Waals surface area contributed by atoms with Crippen molar-refractivity contribution in [2.45, 2.75) is 33.1 Å². The van der Waals surface area contributed by atoms with Crippen molar-refractivity contribution in [1.82, 2.24) is 5.32 Å². The Morgan fingerprint density at radius 3 is 2.56 bits per heavy atom. The summed E-state index contributed by atoms with van der Waals surface area (Å²) in [7, 11) is 0. The zero-order chi connectivity index (χ0) is 7.11. The summed E-state index contributed by atoms with van der Waals surface area (Å²) in [6.07, 6.45) is 3.88. The van der Waals surface area contributed by atoms with Crippen LogP contribution in [0.5, 0.6) is 0 Å². The van der Waals surface area contributed by atoms with Gasteiger partial charge in [-0.05, 0) is 13.3 Å². The van der Waals surface area contributed by atoms with Gasteiger partial charge >= 0.3 is 0 Å². The molecule has 54 valence electrons. The molecule has 0 aromatic heterocycles. The molecule has 0 unspecified atom stereocenters. The van der Waals surface area contributed by atoms with Crippen molar-refractivity contribution in [3.05, 3.63) is 12.3 Å². The van der Waals surface area contributed by atoms with Gasteiger partial charge in [-0.25, -0.2) is 0 Å². The molecule has 0 aliphatic heterocycles. The molecule has 0 aromatic carbocycles. The van der Waals surface area contributed by atoms with Crippen LogP contribution < -0.4 is 5.32 Å². The van der Waals surface area contributed by atoms with Crippen LogP contribution in [-0.4, -0.2) is 6.54 Å². The molecule has 0 radical (unpaired) electrons. The van der Waals surface area contributed by atoms with Gasteiger partial charge in [-0.15, -0.1) is 0 Å². The molecule has 9 heavy (non-hydrogen) atoms. The highest BCUT2D eigenvalue weighted by Crippen LogP contribution is 1.91. The fraction of sp³-hybridized carbons (Fsp3) is 0.750. The van der Waals surface area contributed by atoms with Crippen molar-refractivity contribution in [1.29, 1.82) is 0 Å². The molecule has 0 fully saturated rings. The second-order valence-electron chi connectivity index (χ2n) is 2.41. The Hall–Kier alpha value is -0.460. The van der Waals surface area contributed by atoms with Gasteiger partial charge in [0, 0.05) is 12.2 Å². The van der Waals surface area contributed by atoms with E-state index in [1.54, 1.807) is 0 Å². The van der Waals surface area contributed by atoms with Crippen molar-refractivity contribution >= 4 is 0 Å². The summed E-state index contributed by atoms with van der Waals surface area (Å²) in [5, 5.41) is 3.19. The van der Waals surface area contributed by atoms with E-state index in [0.717, 1.165) is 12.2 Å². The van der Waals surface area contributed by atoms with Gasteiger partial charge in [0.15, 0.2) is 0 Å². The summed E-state index contributed by atoms with van der Waals surface area (Å²) in [4.78, 5) is 0. The van der Waals surface area contributed by atoms with Crippen LogP contribution >= 0.6 is 0 Å². The molecule has 0 heterocycles. The molecule has 0 atom stereocenters. The molecule has 0 aliphatic carbocycles. The number of hydrogen-bond acceptors (Lipinski definition) is 1. The molecule has 0 amide bonds. The van der Waals surface area contributed by atoms with Crippen LogP contribution in [0.2, 0.25) is 0 Å². The molecule has 0 saturated heterocycles. The van der Waals surface area contributed by atoms with Crippen LogP contribution in [0.25, 0.3) is 0 Å². The molecule has 0 saturated carbocycles. The SMILES string of the molecule is C=C(C)NCCCCC. The van der Waals surface area contributed by atoms with E-state index in [1.807, 2.05) is 6.92 Å². The lowest BCUT2D eigenvalue weighted by molar-refractivity contribution is 0.668. The first-order valence-electron chi connectivity index (χ1n) is 3.66. The quantitative estimate of drug-likeness (QED) is 0.559. The summed E-state index contributed by atoms with van der Waals surface area (Å²) in [6.45, 7) is 9.03. The highest BCUT2D eigenvalue weighted by molar-refractivity contribution is 4.83. The lowest BCUT2D eigenvalue weighted by atomic mass is 10.2. The average molecular weight is 127 g/mol. The maximum Gasteiger partial charge on any atom is 0.0143 e. The number of rotatable bonds is 5. The molecular weight excluding hydrogens is 110 g/mol. The Balaban J connectivity index is 2.83. The second-order valence-corrected chi connectivity index (χ2v) is 2.41. The lowest BCUT2D eigenvalue weighted by Gasteiger charge is -2.02. The molecule has 0 aromatic rings. The van der Waals surface area contributed by atoms with Gasteiger partial charge < -0.3 is 5.32 Å². The number of hydrogen-bond donors (Lipinski definition) is 1. The Bertz CT molecular complexity index is 76.6. The zero-order valence-corrected chi connectivity index (χ0v) is 6.54. The van der Waals surface area contributed by atoms with E-state index in [4.69, 9.17) is 0 Å². The van der Waals surface area contributed by atoms with E-state index < -0.39 is 0 Å². The van der Waals surface area contributed by atoms with E-state index in [9.17, 15) is 0 Å². The fourth-order valence-electron chi connectivity index (χ4n) is 0.677. The van der Waals surface area contributed by atoms with Gasteiger partial charge in [0.1, 0.15) is 0 Å². The van der Waals surface area contributed by atoms with Gasteiger partial charge in [0.25, 0.3) is 0 Å². The number of allylic oxidation sites excluding steroid dienone is 1. The standard InChI is InChI=1S/C8H17N/c1-4-5-6-7-9-8(2)3/h9H,2,4-7H2,1,3H3. The first-order valence-corrected chi connectivity index (χ1v) is 3.66. The smallest absolute Gasteiger partial charge is 0.0143 e. The van der Waals surface area contributed by atoms with Gasteiger partial charge in [0.05, 0.1) is 0 Å². The summed E-state index contributed by atoms with van der Waals surface area (Å²) < 4.78 is 0. The van der Waals surface area contributed by atoms with E-state index in [-0.39, 0.29) is 0 Å². The van der Waals surface area contributed by atoms with Crippen LogP contribution in [0.4, 0.5) is 0 Å². The Kier molecular flexibility index (Phi) is 5.38. The predicted molar refractivity (Wildman–Crippen MR) is 42.3 cm³/mol. The van der Waals surface area contributed by atoms with E-state index >= 15 is 0 Å². The minimum Gasteiger partial charge on any atom is -0.389 e. The largest absolute Gasteiger partial charge is 0.389 e. The van der Waals surface area contributed by atoms with Crippen LogP contribution in [0.15, 0.2) is 12.3 Å². The molecule has 0 aliphatic rings. The third-order valence-electron chi connectivity index (χ3n) is 1.21. The lowest BCUT2D eigenvalue weighted by Crippen LogP contribution is -2.10. The van der Waals surface area contributed by atoms with Crippen LogP contribution in [0.1, 0.15) is 33.1 Å². The van der Waals surface area contributed by atoms with Gasteiger partial charge in [-0.1, -0.05) is 26.3 Å². The molecule has 0 rings (SSSR count). The topological polar surface area (TPSA) is 12.0 Å². The van der Waals surface area contributed by atoms with Crippen molar-refractivity contribution in [3.8, 4) is 0 Å². The van der Waals surface area contributed by atoms with Crippen molar-refractivity contribution in [2.75, 3.05) is 6.54 Å². The van der Waals surface area contributed by atoms with Crippen LogP contribution in [0.3, 0.4) is 0 Å². The normalized spacial score (nSPS) is 9.11. The molecule has 1 heteroatoms. The first kappa shape index (κ1) is 8.54. The maximum atomic E-state index is 3.74. The molecule has 0 bridgehead atoms. The maximum absolute atomic E-state index is 3.74. The van der Waals surface area contributed by atoms with Crippen LogP contribution in [0, 0.1) is 0 Å². The fourth-order valence-corrected chi connectivity index (χ4v) is 0.677. The van der Waals surface area contributed by atoms with E-state index in [0.29, 0.717) is 0 Å². The Labute approximate surface area is 58.2 Å². The Morgan fingerprint density at radius 1 is 1.44 bits per heavy atom. The van der Waals surface area contributed by atoms with Crippen molar-refractivity contribution in [2.24, 2.45) is 0 Å². The second kappa shape index (κ2) is 5.67. The predicted octanol–water partition coefficient (Wildman–Crippen LogP) is 2.30. The molecule has 1 nitrogen and oxygen atoms in total. The minimum atomic E-state index is 1.08. The third kappa shape index (κ3) is 7.54.